The number of nitrogens with zero attached hydrogens (tertiary/aromatic N) is 2. The molecular formula is C17H15FN2O. The monoisotopic (exact) mass is 282 g/mol. The molecule has 106 valence electrons. The van der Waals surface area contributed by atoms with E-state index in [4.69, 9.17) is 0 Å². The van der Waals surface area contributed by atoms with Gasteiger partial charge in [-0.25, -0.2) is 4.39 Å². The zero-order chi connectivity index (χ0) is 14.8. The molecule has 0 unspecified atom stereocenters. The summed E-state index contributed by atoms with van der Waals surface area (Å²) in [6.45, 7) is 2.76. The molecule has 0 radical (unpaired) electrons. The summed E-state index contributed by atoms with van der Waals surface area (Å²) in [5, 5.41) is 5.30. The van der Waals surface area contributed by atoms with Crippen LogP contribution in [0.25, 0.3) is 10.8 Å². The number of carbonyl (C=O) groups excluding carboxylic acids is 1. The van der Waals surface area contributed by atoms with Crippen LogP contribution in [-0.2, 0) is 13.0 Å². The maximum atomic E-state index is 13.8. The van der Waals surface area contributed by atoms with Gasteiger partial charge in [-0.2, -0.15) is 5.10 Å². The first-order valence-electron chi connectivity index (χ1n) is 6.91. The number of hydrogen-bond acceptors (Lipinski definition) is 2. The van der Waals surface area contributed by atoms with Crippen LogP contribution in [0.4, 0.5) is 4.39 Å². The fraction of sp³-hybridized carbons (Fsp3) is 0.176. The van der Waals surface area contributed by atoms with E-state index in [1.807, 2.05) is 19.2 Å². The summed E-state index contributed by atoms with van der Waals surface area (Å²) in [5.41, 5.74) is 1.42. The first kappa shape index (κ1) is 13.5. The molecule has 4 heteroatoms. The molecular weight excluding hydrogens is 267 g/mol. The molecule has 21 heavy (non-hydrogen) atoms. The Labute approximate surface area is 122 Å². The van der Waals surface area contributed by atoms with Gasteiger partial charge in [0.1, 0.15) is 5.82 Å². The molecule has 2 aromatic carbocycles. The molecule has 0 amide bonds. The highest BCUT2D eigenvalue weighted by atomic mass is 19.1. The van der Waals surface area contributed by atoms with Crippen LogP contribution < -0.4 is 0 Å². The maximum absolute atomic E-state index is 13.8. The second-order valence-corrected chi connectivity index (χ2v) is 4.94. The summed E-state index contributed by atoms with van der Waals surface area (Å²) in [4.78, 5) is 12.5. The third-order valence-electron chi connectivity index (χ3n) is 3.55. The summed E-state index contributed by atoms with van der Waals surface area (Å²) in [6.07, 6.45) is 3.84. The number of Topliss-reactive ketones (excluding diaryl/α,β-unsaturated/α-hetero) is 1. The van der Waals surface area contributed by atoms with Gasteiger partial charge in [0.15, 0.2) is 5.78 Å². The largest absolute Gasteiger partial charge is 0.294 e. The van der Waals surface area contributed by atoms with Gasteiger partial charge in [0.25, 0.3) is 0 Å². The molecule has 0 fully saturated rings. The van der Waals surface area contributed by atoms with Crippen LogP contribution in [0.15, 0.2) is 48.8 Å². The zero-order valence-corrected chi connectivity index (χ0v) is 11.7. The van der Waals surface area contributed by atoms with Gasteiger partial charge in [0, 0.05) is 30.1 Å². The average Bonchev–Trinajstić information content (AvgIpc) is 2.95. The number of rotatable bonds is 4. The third kappa shape index (κ3) is 2.57. The van der Waals surface area contributed by atoms with Gasteiger partial charge in [-0.3, -0.25) is 9.48 Å². The Kier molecular flexibility index (Phi) is 3.52. The fourth-order valence-corrected chi connectivity index (χ4v) is 2.46. The van der Waals surface area contributed by atoms with Crippen LogP contribution in [0.5, 0.6) is 0 Å². The van der Waals surface area contributed by atoms with Crippen molar-refractivity contribution in [1.29, 1.82) is 0 Å². The summed E-state index contributed by atoms with van der Waals surface area (Å²) in [7, 11) is 0. The molecule has 3 aromatic rings. The minimum atomic E-state index is -0.305. The molecule has 3 rings (SSSR count). The molecule has 1 aromatic heterocycles. The molecule has 0 aliphatic carbocycles. The highest BCUT2D eigenvalue weighted by Gasteiger charge is 2.13. The van der Waals surface area contributed by atoms with Crippen molar-refractivity contribution < 1.29 is 9.18 Å². The number of aryl methyl sites for hydroxylation is 1. The van der Waals surface area contributed by atoms with Gasteiger partial charge in [-0.1, -0.05) is 24.3 Å². The summed E-state index contributed by atoms with van der Waals surface area (Å²) < 4.78 is 15.6. The Morgan fingerprint density at radius 3 is 2.67 bits per heavy atom. The van der Waals surface area contributed by atoms with Gasteiger partial charge in [0.05, 0.1) is 6.20 Å². The van der Waals surface area contributed by atoms with Crippen molar-refractivity contribution in [3.63, 3.8) is 0 Å². The van der Waals surface area contributed by atoms with E-state index in [9.17, 15) is 9.18 Å². The zero-order valence-electron chi connectivity index (χ0n) is 11.7. The lowest BCUT2D eigenvalue weighted by Crippen LogP contribution is -2.04. The Morgan fingerprint density at radius 1 is 1.19 bits per heavy atom. The van der Waals surface area contributed by atoms with Crippen LogP contribution in [-0.4, -0.2) is 15.6 Å². The average molecular weight is 282 g/mol. The standard InChI is InChI=1S/C17H15FN2O/c1-2-20-11-12(10-19-20)9-17(21)15-7-8-16(18)14-6-4-3-5-13(14)15/h3-8,10-11H,2,9H2,1H3. The second-order valence-electron chi connectivity index (χ2n) is 4.94. The normalized spacial score (nSPS) is 11.0. The molecule has 3 nitrogen and oxygen atoms in total. The van der Waals surface area contributed by atoms with E-state index >= 15 is 0 Å². The first-order chi connectivity index (χ1) is 10.2. The molecule has 0 atom stereocenters. The SMILES string of the molecule is CCn1cc(CC(=O)c2ccc(F)c3ccccc23)cn1. The van der Waals surface area contributed by atoms with E-state index in [-0.39, 0.29) is 18.0 Å². The topological polar surface area (TPSA) is 34.9 Å². The Balaban J connectivity index is 1.96. The van der Waals surface area contributed by atoms with Crippen molar-refractivity contribution in [2.45, 2.75) is 19.9 Å². The first-order valence-corrected chi connectivity index (χ1v) is 6.91. The van der Waals surface area contributed by atoms with Gasteiger partial charge in [0.2, 0.25) is 0 Å². The number of halogens is 1. The number of ketones is 1. The predicted molar refractivity (Wildman–Crippen MR) is 79.8 cm³/mol. The highest BCUT2D eigenvalue weighted by molar-refractivity contribution is 6.08. The van der Waals surface area contributed by atoms with Crippen LogP contribution in [0.3, 0.4) is 0 Å². The number of fused-ring (bicyclic) bond motifs is 1. The molecule has 0 saturated heterocycles. The quantitative estimate of drug-likeness (QED) is 0.685. The maximum Gasteiger partial charge on any atom is 0.167 e. The number of aromatic nitrogens is 2. The Bertz CT molecular complexity index is 807. The Hall–Kier alpha value is -2.49. The molecule has 1 heterocycles. The van der Waals surface area contributed by atoms with Crippen LogP contribution in [0.2, 0.25) is 0 Å². The van der Waals surface area contributed by atoms with Gasteiger partial charge in [-0.05, 0) is 30.0 Å². The van der Waals surface area contributed by atoms with E-state index in [2.05, 4.69) is 5.10 Å². The van der Waals surface area contributed by atoms with Crippen LogP contribution in [0.1, 0.15) is 22.8 Å². The second kappa shape index (κ2) is 5.48. The summed E-state index contributed by atoms with van der Waals surface area (Å²) in [6, 6.07) is 9.96. The van der Waals surface area contributed by atoms with E-state index in [0.717, 1.165) is 12.1 Å². The van der Waals surface area contributed by atoms with Gasteiger partial charge < -0.3 is 0 Å². The molecule has 0 saturated carbocycles. The van der Waals surface area contributed by atoms with Crippen molar-refractivity contribution in [1.82, 2.24) is 9.78 Å². The van der Waals surface area contributed by atoms with E-state index in [1.165, 1.54) is 6.07 Å². The van der Waals surface area contributed by atoms with E-state index in [1.54, 1.807) is 35.1 Å². The summed E-state index contributed by atoms with van der Waals surface area (Å²) in [5.74, 6) is -0.331. The van der Waals surface area contributed by atoms with Crippen molar-refractivity contribution >= 4 is 16.6 Å². The van der Waals surface area contributed by atoms with Crippen molar-refractivity contribution in [3.05, 3.63) is 65.7 Å². The lowest BCUT2D eigenvalue weighted by atomic mass is 9.98. The Morgan fingerprint density at radius 2 is 1.95 bits per heavy atom. The smallest absolute Gasteiger partial charge is 0.167 e. The minimum Gasteiger partial charge on any atom is -0.294 e. The van der Waals surface area contributed by atoms with Crippen LogP contribution in [0, 0.1) is 5.82 Å². The third-order valence-corrected chi connectivity index (χ3v) is 3.55. The number of benzene rings is 2. The summed E-state index contributed by atoms with van der Waals surface area (Å²) >= 11 is 0. The minimum absolute atomic E-state index is 0.0261. The molecule has 0 aliphatic heterocycles. The number of carbonyl (C=O) groups is 1. The van der Waals surface area contributed by atoms with Crippen molar-refractivity contribution in [2.24, 2.45) is 0 Å². The van der Waals surface area contributed by atoms with Crippen molar-refractivity contribution in [2.75, 3.05) is 0 Å². The molecule has 0 spiro atoms. The lowest BCUT2D eigenvalue weighted by Gasteiger charge is -2.06. The molecule has 0 bridgehead atoms. The molecule has 0 N–H and O–H groups in total. The lowest BCUT2D eigenvalue weighted by molar-refractivity contribution is 0.0994. The van der Waals surface area contributed by atoms with E-state index in [0.29, 0.717) is 16.3 Å². The van der Waals surface area contributed by atoms with Crippen molar-refractivity contribution in [3.8, 4) is 0 Å². The van der Waals surface area contributed by atoms with Gasteiger partial charge in [-0.15, -0.1) is 0 Å². The number of hydrogen-bond donors (Lipinski definition) is 0. The van der Waals surface area contributed by atoms with Gasteiger partial charge >= 0.3 is 0 Å². The van der Waals surface area contributed by atoms with Crippen LogP contribution >= 0.6 is 0 Å². The fourth-order valence-electron chi connectivity index (χ4n) is 2.46. The highest BCUT2D eigenvalue weighted by Crippen LogP contribution is 2.23. The van der Waals surface area contributed by atoms with E-state index < -0.39 is 0 Å². The molecule has 0 aliphatic rings. The predicted octanol–water partition coefficient (Wildman–Crippen LogP) is 3.62.